The van der Waals surface area contributed by atoms with Gasteiger partial charge in [0.15, 0.2) is 5.75 Å². The first-order chi connectivity index (χ1) is 27.7. The van der Waals surface area contributed by atoms with Crippen molar-refractivity contribution in [3.05, 3.63) is 52.8 Å². The number of hydrogen-bond donors (Lipinski definition) is 7. The molecule has 4 heterocycles. The molecule has 322 valence electrons. The SMILES string of the molecule is CO[C@H]1/C=C\O[C@@]2(C)Oc3c(C)c(O)c4c(O)c(c(/C=N\N5CCN(C)CC5)c(O)c4c3C2=O)NC(=O)/C(C)=C\C=C/[C@H](C)[C@H](O)[C@@H](C)[C@@H](O)[C@@H](C)[C@H](OC(=O)O)[C@@H]1C. The van der Waals surface area contributed by atoms with E-state index >= 15 is 0 Å². The van der Waals surface area contributed by atoms with Crippen molar-refractivity contribution in [2.75, 3.05) is 45.7 Å². The Hall–Kier alpha value is -5.36. The van der Waals surface area contributed by atoms with E-state index in [1.165, 1.54) is 46.2 Å². The number of allylic oxidation sites excluding steroid dienone is 2. The molecule has 1 fully saturated rings. The number of carboxylic acid groups (broad SMARTS) is 1. The van der Waals surface area contributed by atoms with E-state index in [2.05, 4.69) is 15.3 Å². The van der Waals surface area contributed by atoms with E-state index < -0.39 is 89.0 Å². The van der Waals surface area contributed by atoms with Crippen LogP contribution >= 0.6 is 0 Å². The van der Waals surface area contributed by atoms with E-state index in [1.54, 1.807) is 44.9 Å². The molecule has 17 nitrogen and oxygen atoms in total. The van der Waals surface area contributed by atoms with E-state index in [4.69, 9.17) is 18.9 Å². The highest BCUT2D eigenvalue weighted by Gasteiger charge is 2.50. The number of aliphatic hydroxyl groups is 2. The van der Waals surface area contributed by atoms with E-state index in [0.29, 0.717) is 26.2 Å². The highest BCUT2D eigenvalue weighted by atomic mass is 16.7. The van der Waals surface area contributed by atoms with Crippen molar-refractivity contribution in [2.45, 2.75) is 78.7 Å². The Balaban J connectivity index is 1.70. The Morgan fingerprint density at radius 3 is 2.24 bits per heavy atom. The fourth-order valence-corrected chi connectivity index (χ4v) is 7.85. The summed E-state index contributed by atoms with van der Waals surface area (Å²) < 4.78 is 23.0. The number of phenols is 3. The molecule has 1 saturated heterocycles. The van der Waals surface area contributed by atoms with Crippen molar-refractivity contribution in [3.63, 3.8) is 0 Å². The van der Waals surface area contributed by atoms with Crippen LogP contribution in [0.15, 0.2) is 41.2 Å². The number of benzene rings is 2. The number of nitrogens with one attached hydrogen (secondary N) is 1. The summed E-state index contributed by atoms with van der Waals surface area (Å²) in [5.74, 6) is -8.39. The molecule has 0 aliphatic carbocycles. The van der Waals surface area contributed by atoms with Crippen LogP contribution in [0, 0.1) is 30.6 Å². The second kappa shape index (κ2) is 17.9. The van der Waals surface area contributed by atoms with E-state index in [1.807, 2.05) is 7.05 Å². The average Bonchev–Trinajstić information content (AvgIpc) is 3.46. The molecule has 4 aliphatic rings. The summed E-state index contributed by atoms with van der Waals surface area (Å²) in [5.41, 5.74) is -0.459. The number of ketones is 1. The van der Waals surface area contributed by atoms with Gasteiger partial charge in [0.25, 0.3) is 11.7 Å². The summed E-state index contributed by atoms with van der Waals surface area (Å²) in [7, 11) is 3.35. The highest BCUT2D eigenvalue weighted by molar-refractivity contribution is 6.23. The van der Waals surface area contributed by atoms with Gasteiger partial charge < -0.3 is 59.8 Å². The summed E-state index contributed by atoms with van der Waals surface area (Å²) in [6, 6.07) is 0. The Morgan fingerprint density at radius 2 is 1.61 bits per heavy atom. The van der Waals surface area contributed by atoms with Gasteiger partial charge in [-0.3, -0.25) is 14.6 Å². The molecule has 1 amide bonds. The molecule has 6 rings (SSSR count). The lowest BCUT2D eigenvalue weighted by atomic mass is 9.78. The second-order valence-corrected chi connectivity index (χ2v) is 15.9. The number of carbonyl (C=O) groups excluding carboxylic acids is 2. The normalized spacial score (nSPS) is 32.1. The van der Waals surface area contributed by atoms with Crippen LogP contribution in [0.1, 0.15) is 63.0 Å². The number of methoxy groups -OCH3 is 1. The molecule has 0 radical (unpaired) electrons. The number of anilines is 1. The number of likely N-dealkylation sites (N-methyl/N-ethyl adjacent to an activating group) is 1. The lowest BCUT2D eigenvalue weighted by Crippen LogP contribution is -2.46. The minimum Gasteiger partial charge on any atom is -0.507 e. The summed E-state index contributed by atoms with van der Waals surface area (Å²) in [6.45, 7) is 13.4. The van der Waals surface area contributed by atoms with Gasteiger partial charge in [-0.15, -0.1) is 0 Å². The zero-order valence-corrected chi connectivity index (χ0v) is 34.8. The number of rotatable bonds is 4. The molecule has 0 unspecified atom stereocenters. The van der Waals surface area contributed by atoms with E-state index in [9.17, 15) is 45.0 Å². The third kappa shape index (κ3) is 8.83. The standard InChI is InChI=1S/C42H56N4O13/c1-20-11-10-12-21(2)40(53)44-31-26(19-43-46-16-14-45(8)15-17-46)35(50)28-29(36(31)51)34(49)25(6)38-30(28)39(52)42(7,59-38)57-18-13-27(56-9)22(3)37(58-41(54)55)24(5)33(48)23(4)32(20)47/h10-13,18-20,22-24,27,32-33,37,47-51H,14-17H2,1-9H3,(H,44,53)(H,54,55)/b11-10-,18-13-,21-12-,43-19-/t20-,22+,23+,24+,27-,32-,33+,37+,42-/m0/s1. The minimum atomic E-state index is -2.08. The van der Waals surface area contributed by atoms with Crippen molar-refractivity contribution in [3.8, 4) is 23.0 Å². The Kier molecular flexibility index (Phi) is 13.5. The quantitative estimate of drug-likeness (QED) is 0.0975. The average molecular weight is 825 g/mol. The van der Waals surface area contributed by atoms with Gasteiger partial charge in [0.2, 0.25) is 0 Å². The number of hydrogen-bond acceptors (Lipinski definition) is 15. The lowest BCUT2D eigenvalue weighted by molar-refractivity contribution is -0.112. The first-order valence-corrected chi connectivity index (χ1v) is 19.5. The second-order valence-electron chi connectivity index (χ2n) is 15.9. The fraction of sp³-hybridized carbons (Fsp3) is 0.524. The summed E-state index contributed by atoms with van der Waals surface area (Å²) >= 11 is 0. The number of nitrogens with zero attached hydrogens (tertiary/aromatic N) is 3. The van der Waals surface area contributed by atoms with Gasteiger partial charge in [-0.05, 0) is 27.0 Å². The molecular formula is C42H56N4O13. The van der Waals surface area contributed by atoms with Crippen LogP contribution in [-0.2, 0) is 19.0 Å². The molecule has 0 aromatic heterocycles. The zero-order chi connectivity index (χ0) is 43.7. The number of aromatic hydroxyl groups is 3. The van der Waals surface area contributed by atoms with Crippen LogP contribution < -0.4 is 10.1 Å². The van der Waals surface area contributed by atoms with Crippen molar-refractivity contribution in [1.29, 1.82) is 0 Å². The number of fused-ring (bicyclic) bond motifs is 14. The van der Waals surface area contributed by atoms with Gasteiger partial charge in [-0.1, -0.05) is 45.9 Å². The van der Waals surface area contributed by atoms with Crippen molar-refractivity contribution >= 4 is 40.5 Å². The van der Waals surface area contributed by atoms with Gasteiger partial charge in [-0.2, -0.15) is 5.10 Å². The van der Waals surface area contributed by atoms with Gasteiger partial charge >= 0.3 is 11.9 Å². The first kappa shape index (κ1) is 44.7. The Labute approximate surface area is 342 Å². The molecular weight excluding hydrogens is 768 g/mol. The number of ether oxygens (including phenoxy) is 4. The number of amides is 1. The van der Waals surface area contributed by atoms with Crippen LogP contribution in [0.5, 0.6) is 23.0 Å². The third-order valence-corrected chi connectivity index (χ3v) is 11.8. The highest BCUT2D eigenvalue weighted by Crippen LogP contribution is 2.55. The third-order valence-electron chi connectivity index (χ3n) is 11.8. The molecule has 2 aromatic carbocycles. The van der Waals surface area contributed by atoms with E-state index in [0.717, 1.165) is 6.26 Å². The van der Waals surface area contributed by atoms with Crippen LogP contribution in [0.3, 0.4) is 0 Å². The molecule has 5 bridgehead atoms. The maximum atomic E-state index is 14.4. The monoisotopic (exact) mass is 824 g/mol. The van der Waals surface area contributed by atoms with Crippen LogP contribution in [0.25, 0.3) is 10.8 Å². The number of carbonyl (C=O) groups is 3. The maximum Gasteiger partial charge on any atom is 0.506 e. The van der Waals surface area contributed by atoms with Gasteiger partial charge in [0.05, 0.1) is 53.0 Å². The molecule has 17 heteroatoms. The van der Waals surface area contributed by atoms with E-state index in [-0.39, 0.29) is 44.5 Å². The molecule has 0 saturated carbocycles. The molecule has 0 spiro atoms. The molecule has 2 aromatic rings. The Bertz CT molecular complexity index is 2070. The van der Waals surface area contributed by atoms with Crippen LogP contribution in [0.4, 0.5) is 10.5 Å². The maximum absolute atomic E-state index is 14.4. The van der Waals surface area contributed by atoms with Gasteiger partial charge in [0.1, 0.15) is 23.4 Å². The fourth-order valence-electron chi connectivity index (χ4n) is 7.85. The molecule has 7 N–H and O–H groups in total. The minimum absolute atomic E-state index is 0.0323. The number of piperazine rings is 1. The predicted molar refractivity (Wildman–Crippen MR) is 218 cm³/mol. The summed E-state index contributed by atoms with van der Waals surface area (Å²) in [4.78, 5) is 42.1. The largest absolute Gasteiger partial charge is 0.507 e. The number of hydrazone groups is 1. The Morgan fingerprint density at radius 1 is 0.949 bits per heavy atom. The number of aliphatic hydroxyl groups excluding tert-OH is 2. The van der Waals surface area contributed by atoms with Gasteiger partial charge in [0, 0.05) is 80.4 Å². The summed E-state index contributed by atoms with van der Waals surface area (Å²) in [6.07, 6.45) is 2.48. The molecule has 9 atom stereocenters. The van der Waals surface area contributed by atoms with Crippen LogP contribution in [0.2, 0.25) is 0 Å². The first-order valence-electron chi connectivity index (χ1n) is 19.5. The van der Waals surface area contributed by atoms with Crippen molar-refractivity contribution < 1.29 is 64.0 Å². The van der Waals surface area contributed by atoms with Gasteiger partial charge in [-0.25, -0.2) is 4.79 Å². The summed E-state index contributed by atoms with van der Waals surface area (Å²) in [5, 5.41) is 76.3. The lowest BCUT2D eigenvalue weighted by Gasteiger charge is -2.37. The topological polar surface area (TPSA) is 240 Å². The van der Waals surface area contributed by atoms with Crippen LogP contribution in [-0.4, -0.2) is 135 Å². The smallest absolute Gasteiger partial charge is 0.506 e. The number of phenolic OH excluding ortho intramolecular Hbond substituents is 3. The van der Waals surface area contributed by atoms with Crippen molar-refractivity contribution in [1.82, 2.24) is 9.91 Å². The predicted octanol–water partition coefficient (Wildman–Crippen LogP) is 4.47. The molecule has 4 aliphatic heterocycles. The molecule has 59 heavy (non-hydrogen) atoms. The van der Waals surface area contributed by atoms with Crippen molar-refractivity contribution in [2.24, 2.45) is 28.8 Å². The number of Topliss-reactive ketones (excluding diaryl/α,β-unsaturated/α-hetero) is 1. The zero-order valence-electron chi connectivity index (χ0n) is 34.8.